The van der Waals surface area contributed by atoms with E-state index in [1.807, 2.05) is 26.1 Å². The Labute approximate surface area is 148 Å². The van der Waals surface area contributed by atoms with Crippen LogP contribution in [0.2, 0.25) is 0 Å². The SMILES string of the molecule is CC(C)OC1N=c2ncccc2=CN1c1ccc(OCC(F)(F)F)cc1. The van der Waals surface area contributed by atoms with Crippen LogP contribution in [0.5, 0.6) is 5.75 Å². The highest BCUT2D eigenvalue weighted by molar-refractivity contribution is 5.60. The van der Waals surface area contributed by atoms with E-state index < -0.39 is 19.1 Å². The second-order valence-electron chi connectivity index (χ2n) is 5.99. The monoisotopic (exact) mass is 365 g/mol. The number of hydrogen-bond donors (Lipinski definition) is 0. The van der Waals surface area contributed by atoms with Crippen molar-refractivity contribution in [3.8, 4) is 5.75 Å². The molecule has 5 nitrogen and oxygen atoms in total. The van der Waals surface area contributed by atoms with Gasteiger partial charge < -0.3 is 14.4 Å². The Kier molecular flexibility index (Phi) is 5.13. The summed E-state index contributed by atoms with van der Waals surface area (Å²) in [6.45, 7) is 2.47. The maximum Gasteiger partial charge on any atom is 0.422 e. The molecule has 3 rings (SSSR count). The van der Waals surface area contributed by atoms with Crippen molar-refractivity contribution in [2.24, 2.45) is 4.99 Å². The number of halogens is 3. The zero-order valence-corrected chi connectivity index (χ0v) is 14.3. The highest BCUT2D eigenvalue weighted by Gasteiger charge is 2.28. The van der Waals surface area contributed by atoms with Gasteiger partial charge >= 0.3 is 6.18 Å². The molecule has 0 spiro atoms. The van der Waals surface area contributed by atoms with E-state index in [1.54, 1.807) is 29.3 Å². The smallest absolute Gasteiger partial charge is 0.422 e. The van der Waals surface area contributed by atoms with Crippen LogP contribution in [0.3, 0.4) is 0 Å². The van der Waals surface area contributed by atoms with Gasteiger partial charge in [0, 0.05) is 23.3 Å². The Morgan fingerprint density at radius 3 is 2.54 bits per heavy atom. The van der Waals surface area contributed by atoms with Crippen molar-refractivity contribution in [1.29, 1.82) is 0 Å². The van der Waals surface area contributed by atoms with E-state index >= 15 is 0 Å². The minimum absolute atomic E-state index is 0.0701. The Balaban J connectivity index is 1.87. The Bertz CT molecular complexity index is 866. The van der Waals surface area contributed by atoms with Crippen molar-refractivity contribution in [3.63, 3.8) is 0 Å². The first-order valence-electron chi connectivity index (χ1n) is 8.06. The van der Waals surface area contributed by atoms with E-state index in [1.165, 1.54) is 12.1 Å². The molecule has 138 valence electrons. The lowest BCUT2D eigenvalue weighted by molar-refractivity contribution is -0.153. The lowest BCUT2D eigenvalue weighted by atomic mass is 10.2. The average Bonchev–Trinajstić information content (AvgIpc) is 2.59. The maximum absolute atomic E-state index is 12.3. The molecule has 0 saturated carbocycles. The first kappa shape index (κ1) is 18.2. The molecule has 0 bridgehead atoms. The van der Waals surface area contributed by atoms with Crippen molar-refractivity contribution in [3.05, 3.63) is 53.3 Å². The molecule has 0 radical (unpaired) electrons. The Morgan fingerprint density at radius 1 is 1.15 bits per heavy atom. The van der Waals surface area contributed by atoms with Crippen LogP contribution in [0.25, 0.3) is 6.20 Å². The second-order valence-corrected chi connectivity index (χ2v) is 5.99. The highest BCUT2D eigenvalue weighted by Crippen LogP contribution is 2.25. The normalized spacial score (nSPS) is 16.7. The third kappa shape index (κ3) is 4.51. The summed E-state index contributed by atoms with van der Waals surface area (Å²) in [5, 5.41) is 0.827. The van der Waals surface area contributed by atoms with Crippen molar-refractivity contribution < 1.29 is 22.6 Å². The fraction of sp³-hybridized carbons (Fsp3) is 0.333. The number of fused-ring (bicyclic) bond motifs is 1. The van der Waals surface area contributed by atoms with Gasteiger partial charge in [0.2, 0.25) is 6.35 Å². The molecule has 0 fully saturated rings. The van der Waals surface area contributed by atoms with E-state index in [2.05, 4.69) is 9.98 Å². The van der Waals surface area contributed by atoms with Gasteiger partial charge in [-0.2, -0.15) is 13.2 Å². The van der Waals surface area contributed by atoms with Gasteiger partial charge in [0.25, 0.3) is 0 Å². The standard InChI is InChI=1S/C18H18F3N3O2/c1-12(2)26-17-23-16-13(4-3-9-22-16)10-24(17)14-5-7-15(8-6-14)25-11-18(19,20)21/h3-10,12,17H,11H2,1-2H3. The van der Waals surface area contributed by atoms with Crippen molar-refractivity contribution in [1.82, 2.24) is 4.98 Å². The van der Waals surface area contributed by atoms with Gasteiger partial charge in [-0.25, -0.2) is 9.98 Å². The minimum Gasteiger partial charge on any atom is -0.484 e. The third-order valence-corrected chi connectivity index (χ3v) is 3.50. The summed E-state index contributed by atoms with van der Waals surface area (Å²) in [6, 6.07) is 9.98. The molecule has 1 unspecified atom stereocenters. The quantitative estimate of drug-likeness (QED) is 0.817. The maximum atomic E-state index is 12.3. The van der Waals surface area contributed by atoms with Crippen LogP contribution in [-0.4, -0.2) is 30.2 Å². The molecular weight excluding hydrogens is 347 g/mol. The molecule has 0 aliphatic carbocycles. The molecule has 1 aromatic heterocycles. The third-order valence-electron chi connectivity index (χ3n) is 3.50. The molecule has 0 N–H and O–H groups in total. The van der Waals surface area contributed by atoms with Gasteiger partial charge in [0.05, 0.1) is 6.10 Å². The van der Waals surface area contributed by atoms with E-state index in [0.29, 0.717) is 11.2 Å². The summed E-state index contributed by atoms with van der Waals surface area (Å²) in [4.78, 5) is 10.6. The van der Waals surface area contributed by atoms with Crippen LogP contribution in [0.1, 0.15) is 13.8 Å². The molecule has 1 aromatic carbocycles. The van der Waals surface area contributed by atoms with Crippen LogP contribution in [0.4, 0.5) is 18.9 Å². The lowest BCUT2D eigenvalue weighted by Gasteiger charge is -2.30. The fourth-order valence-corrected chi connectivity index (χ4v) is 2.42. The minimum atomic E-state index is -4.37. The van der Waals surface area contributed by atoms with Crippen LogP contribution in [0, 0.1) is 0 Å². The summed E-state index contributed by atoms with van der Waals surface area (Å²) in [5.41, 5.74) is 1.30. The first-order valence-corrected chi connectivity index (χ1v) is 8.06. The van der Waals surface area contributed by atoms with Crippen LogP contribution in [-0.2, 0) is 4.74 Å². The largest absolute Gasteiger partial charge is 0.484 e. The molecule has 8 heteroatoms. The van der Waals surface area contributed by atoms with Crippen molar-refractivity contribution in [2.75, 3.05) is 11.5 Å². The van der Waals surface area contributed by atoms with Gasteiger partial charge in [-0.1, -0.05) is 0 Å². The number of ether oxygens (including phenoxy) is 2. The van der Waals surface area contributed by atoms with Gasteiger partial charge in [0.1, 0.15) is 5.75 Å². The predicted octanol–water partition coefficient (Wildman–Crippen LogP) is 2.61. The molecule has 2 aromatic rings. The number of rotatable bonds is 5. The topological polar surface area (TPSA) is 47.0 Å². The zero-order chi connectivity index (χ0) is 18.7. The summed E-state index contributed by atoms with van der Waals surface area (Å²) < 4.78 is 47.3. The Hall–Kier alpha value is -2.61. The molecule has 2 heterocycles. The number of aromatic nitrogens is 1. The molecule has 1 atom stereocenters. The number of pyridine rings is 1. The van der Waals surface area contributed by atoms with E-state index in [0.717, 1.165) is 5.22 Å². The highest BCUT2D eigenvalue weighted by atomic mass is 19.4. The van der Waals surface area contributed by atoms with Crippen LogP contribution < -0.4 is 20.3 Å². The molecule has 1 aliphatic rings. The molecule has 26 heavy (non-hydrogen) atoms. The van der Waals surface area contributed by atoms with E-state index in [-0.39, 0.29) is 11.9 Å². The van der Waals surface area contributed by atoms with Crippen LogP contribution >= 0.6 is 0 Å². The summed E-state index contributed by atoms with van der Waals surface area (Å²) >= 11 is 0. The Morgan fingerprint density at radius 2 is 1.88 bits per heavy atom. The summed E-state index contributed by atoms with van der Waals surface area (Å²) in [5.74, 6) is 0.142. The fourth-order valence-electron chi connectivity index (χ4n) is 2.42. The zero-order valence-electron chi connectivity index (χ0n) is 14.3. The lowest BCUT2D eigenvalue weighted by Crippen LogP contribution is -2.45. The summed E-state index contributed by atoms with van der Waals surface area (Å²) in [6.07, 6.45) is -1.54. The van der Waals surface area contributed by atoms with Gasteiger partial charge in [-0.3, -0.25) is 0 Å². The van der Waals surface area contributed by atoms with E-state index in [9.17, 15) is 13.2 Å². The molecule has 0 saturated heterocycles. The number of nitrogens with zero attached hydrogens (tertiary/aromatic N) is 3. The number of hydrogen-bond acceptors (Lipinski definition) is 5. The molecule has 0 amide bonds. The number of anilines is 1. The number of benzene rings is 1. The van der Waals surface area contributed by atoms with Crippen molar-refractivity contribution >= 4 is 11.9 Å². The molecular formula is C18H18F3N3O2. The first-order chi connectivity index (χ1) is 12.3. The molecule has 1 aliphatic heterocycles. The predicted molar refractivity (Wildman–Crippen MR) is 90.0 cm³/mol. The average molecular weight is 365 g/mol. The number of alkyl halides is 3. The van der Waals surface area contributed by atoms with Crippen LogP contribution in [0.15, 0.2) is 47.6 Å². The van der Waals surface area contributed by atoms with Gasteiger partial charge in [-0.05, 0) is 50.2 Å². The second kappa shape index (κ2) is 7.33. The van der Waals surface area contributed by atoms with E-state index in [4.69, 9.17) is 9.47 Å². The van der Waals surface area contributed by atoms with Crippen molar-refractivity contribution in [2.45, 2.75) is 32.5 Å². The van der Waals surface area contributed by atoms with Gasteiger partial charge in [-0.15, -0.1) is 0 Å². The van der Waals surface area contributed by atoms with Gasteiger partial charge in [0.15, 0.2) is 12.1 Å². The summed E-state index contributed by atoms with van der Waals surface area (Å²) in [7, 11) is 0.